The van der Waals surface area contributed by atoms with Gasteiger partial charge in [-0.2, -0.15) is 0 Å². The number of aliphatic hydroxyl groups excluding tert-OH is 3. The standard InChI is InChI=1S/C16H16O9/c1-6-4-10(17)24-9-5-7(2-3-8(6)9)23-16-13(20)11(18)12(19)14(25-16)15(21)22/h2-5,11-14,16,18-20H,1H3,(H,21,22)/t11-,12+,13?,14?,16-/m1/s1. The van der Waals surface area contributed by atoms with Crippen molar-refractivity contribution >= 4 is 16.9 Å². The number of carboxylic acids is 1. The largest absolute Gasteiger partial charge is 0.479 e. The first-order chi connectivity index (χ1) is 11.8. The second-order valence-corrected chi connectivity index (χ2v) is 5.76. The van der Waals surface area contributed by atoms with E-state index in [9.17, 15) is 24.9 Å². The van der Waals surface area contributed by atoms with Gasteiger partial charge in [0, 0.05) is 17.5 Å². The van der Waals surface area contributed by atoms with Crippen LogP contribution in [0.1, 0.15) is 5.56 Å². The molecule has 1 aliphatic heterocycles. The maximum Gasteiger partial charge on any atom is 0.336 e. The average molecular weight is 352 g/mol. The number of benzene rings is 1. The SMILES string of the molecule is Cc1cc(=O)oc2cc(O[C@@H]3OC(C(=O)O)[C@@H](O)[C@@H](O)C3O)ccc12. The van der Waals surface area contributed by atoms with Crippen LogP contribution >= 0.6 is 0 Å². The lowest BCUT2D eigenvalue weighted by Crippen LogP contribution is -2.61. The van der Waals surface area contributed by atoms with E-state index in [4.69, 9.17) is 19.0 Å². The fourth-order valence-corrected chi connectivity index (χ4v) is 2.66. The molecule has 134 valence electrons. The van der Waals surface area contributed by atoms with Gasteiger partial charge in [0.1, 0.15) is 29.6 Å². The summed E-state index contributed by atoms with van der Waals surface area (Å²) in [6, 6.07) is 5.86. The van der Waals surface area contributed by atoms with Gasteiger partial charge in [-0.3, -0.25) is 0 Å². The molecule has 0 radical (unpaired) electrons. The minimum Gasteiger partial charge on any atom is -0.479 e. The normalized spacial score (nSPS) is 29.5. The zero-order chi connectivity index (χ0) is 18.3. The van der Waals surface area contributed by atoms with Crippen LogP contribution in [0.2, 0.25) is 0 Å². The Kier molecular flexibility index (Phi) is 4.48. The number of carboxylic acid groups (broad SMARTS) is 1. The van der Waals surface area contributed by atoms with Gasteiger partial charge < -0.3 is 34.3 Å². The van der Waals surface area contributed by atoms with E-state index in [0.29, 0.717) is 10.9 Å². The van der Waals surface area contributed by atoms with E-state index in [1.54, 1.807) is 13.0 Å². The number of rotatable bonds is 3. The van der Waals surface area contributed by atoms with Crippen LogP contribution in [0.15, 0.2) is 33.5 Å². The molecule has 1 fully saturated rings. The summed E-state index contributed by atoms with van der Waals surface area (Å²) in [5, 5.41) is 39.1. The molecule has 0 bridgehead atoms. The van der Waals surface area contributed by atoms with Crippen molar-refractivity contribution in [1.29, 1.82) is 0 Å². The Morgan fingerprint density at radius 1 is 1.12 bits per heavy atom. The molecular formula is C16H16O9. The van der Waals surface area contributed by atoms with Crippen molar-refractivity contribution in [3.8, 4) is 5.75 Å². The van der Waals surface area contributed by atoms with Gasteiger partial charge in [0.05, 0.1) is 0 Å². The summed E-state index contributed by atoms with van der Waals surface area (Å²) in [6.07, 6.45) is -8.53. The first-order valence-corrected chi connectivity index (χ1v) is 7.41. The average Bonchev–Trinajstić information content (AvgIpc) is 2.54. The third-order valence-electron chi connectivity index (χ3n) is 3.99. The van der Waals surface area contributed by atoms with Gasteiger partial charge in [0.2, 0.25) is 6.29 Å². The van der Waals surface area contributed by atoms with E-state index in [0.717, 1.165) is 0 Å². The smallest absolute Gasteiger partial charge is 0.336 e. The Hall–Kier alpha value is -2.46. The van der Waals surface area contributed by atoms with E-state index < -0.39 is 42.3 Å². The number of hydrogen-bond donors (Lipinski definition) is 4. The van der Waals surface area contributed by atoms with Crippen LogP contribution in [0.5, 0.6) is 5.75 Å². The number of aryl methyl sites for hydroxylation is 1. The van der Waals surface area contributed by atoms with Crippen LogP contribution in [0.25, 0.3) is 11.0 Å². The van der Waals surface area contributed by atoms with Gasteiger partial charge in [0.25, 0.3) is 0 Å². The first-order valence-electron chi connectivity index (χ1n) is 7.41. The Morgan fingerprint density at radius 2 is 1.84 bits per heavy atom. The number of carbonyl (C=O) groups is 1. The van der Waals surface area contributed by atoms with Crippen LogP contribution in [-0.4, -0.2) is 57.1 Å². The fraction of sp³-hybridized carbons (Fsp3) is 0.375. The maximum atomic E-state index is 11.5. The van der Waals surface area contributed by atoms with Crippen molar-refractivity contribution < 1.29 is 39.1 Å². The monoisotopic (exact) mass is 352 g/mol. The number of aliphatic hydroxyl groups is 3. The summed E-state index contributed by atoms with van der Waals surface area (Å²) < 4.78 is 15.5. The van der Waals surface area contributed by atoms with Gasteiger partial charge >= 0.3 is 11.6 Å². The molecule has 0 saturated carbocycles. The van der Waals surface area contributed by atoms with Crippen LogP contribution in [0, 0.1) is 6.92 Å². The van der Waals surface area contributed by atoms with Gasteiger partial charge in [-0.05, 0) is 24.6 Å². The maximum absolute atomic E-state index is 11.5. The fourth-order valence-electron chi connectivity index (χ4n) is 2.66. The molecule has 5 atom stereocenters. The Morgan fingerprint density at radius 3 is 2.52 bits per heavy atom. The predicted octanol–water partition coefficient (Wildman–Crippen LogP) is -0.628. The van der Waals surface area contributed by atoms with E-state index in [-0.39, 0.29) is 11.3 Å². The van der Waals surface area contributed by atoms with Crippen molar-refractivity contribution in [2.45, 2.75) is 37.6 Å². The third-order valence-corrected chi connectivity index (χ3v) is 3.99. The highest BCUT2D eigenvalue weighted by Crippen LogP contribution is 2.27. The minimum atomic E-state index is -1.80. The summed E-state index contributed by atoms with van der Waals surface area (Å²) in [7, 11) is 0. The molecule has 2 unspecified atom stereocenters. The molecule has 0 aliphatic carbocycles. The molecule has 0 spiro atoms. The Balaban J connectivity index is 1.89. The van der Waals surface area contributed by atoms with Gasteiger partial charge in [0.15, 0.2) is 6.10 Å². The predicted molar refractivity (Wildman–Crippen MR) is 82.2 cm³/mol. The molecule has 4 N–H and O–H groups in total. The van der Waals surface area contributed by atoms with Crippen molar-refractivity contribution in [2.24, 2.45) is 0 Å². The first kappa shape index (κ1) is 17.4. The van der Waals surface area contributed by atoms with Gasteiger partial charge in [-0.25, -0.2) is 9.59 Å². The van der Waals surface area contributed by atoms with E-state index >= 15 is 0 Å². The van der Waals surface area contributed by atoms with Crippen LogP contribution in [0.3, 0.4) is 0 Å². The van der Waals surface area contributed by atoms with Crippen LogP contribution < -0.4 is 10.4 Å². The van der Waals surface area contributed by atoms with Crippen molar-refractivity contribution in [3.05, 3.63) is 40.2 Å². The summed E-state index contributed by atoms with van der Waals surface area (Å²) in [5.74, 6) is -1.38. The lowest BCUT2D eigenvalue weighted by molar-refractivity contribution is -0.271. The van der Waals surface area contributed by atoms with Crippen molar-refractivity contribution in [3.63, 3.8) is 0 Å². The molecule has 25 heavy (non-hydrogen) atoms. The highest BCUT2D eigenvalue weighted by molar-refractivity contribution is 5.81. The second-order valence-electron chi connectivity index (χ2n) is 5.76. The van der Waals surface area contributed by atoms with Crippen molar-refractivity contribution in [1.82, 2.24) is 0 Å². The molecule has 1 saturated heterocycles. The number of aliphatic carboxylic acids is 1. The topological polar surface area (TPSA) is 147 Å². The molecule has 9 nitrogen and oxygen atoms in total. The molecule has 2 aromatic rings. The van der Waals surface area contributed by atoms with Gasteiger partial charge in [-0.15, -0.1) is 0 Å². The molecule has 1 aliphatic rings. The Bertz CT molecular complexity index is 858. The molecule has 1 aromatic heterocycles. The zero-order valence-electron chi connectivity index (χ0n) is 13.0. The molecule has 9 heteroatoms. The number of hydrogen-bond acceptors (Lipinski definition) is 8. The summed E-state index contributed by atoms with van der Waals surface area (Å²) in [5.41, 5.74) is 0.403. The highest BCUT2D eigenvalue weighted by atomic mass is 16.7. The summed E-state index contributed by atoms with van der Waals surface area (Å²) >= 11 is 0. The number of ether oxygens (including phenoxy) is 2. The van der Waals surface area contributed by atoms with E-state index in [2.05, 4.69) is 0 Å². The molecule has 2 heterocycles. The lowest BCUT2D eigenvalue weighted by Gasteiger charge is -2.38. The lowest BCUT2D eigenvalue weighted by atomic mass is 9.99. The number of fused-ring (bicyclic) bond motifs is 1. The van der Waals surface area contributed by atoms with Crippen LogP contribution in [-0.2, 0) is 9.53 Å². The zero-order valence-corrected chi connectivity index (χ0v) is 13.0. The van der Waals surface area contributed by atoms with E-state index in [1.807, 2.05) is 0 Å². The Labute approximate surface area is 140 Å². The summed E-state index contributed by atoms with van der Waals surface area (Å²) in [4.78, 5) is 22.5. The molecule has 0 amide bonds. The second kappa shape index (κ2) is 6.45. The third kappa shape index (κ3) is 3.22. The van der Waals surface area contributed by atoms with Crippen LogP contribution in [0.4, 0.5) is 0 Å². The summed E-state index contributed by atoms with van der Waals surface area (Å²) in [6.45, 7) is 1.74. The molecule has 3 rings (SSSR count). The quantitative estimate of drug-likeness (QED) is 0.530. The van der Waals surface area contributed by atoms with Crippen molar-refractivity contribution in [2.75, 3.05) is 0 Å². The highest BCUT2D eigenvalue weighted by Gasteiger charge is 2.48. The molecule has 1 aromatic carbocycles. The molecular weight excluding hydrogens is 336 g/mol. The minimum absolute atomic E-state index is 0.123. The van der Waals surface area contributed by atoms with Gasteiger partial charge in [-0.1, -0.05) is 0 Å². The van der Waals surface area contributed by atoms with E-state index in [1.165, 1.54) is 18.2 Å².